The molecule has 8 heteroatoms. The summed E-state index contributed by atoms with van der Waals surface area (Å²) in [7, 11) is 0. The van der Waals surface area contributed by atoms with Gasteiger partial charge in [0.05, 0.1) is 10.5 Å². The number of aliphatic carboxylic acids is 1. The normalized spacial score (nSPS) is 17.2. The highest BCUT2D eigenvalue weighted by atomic mass is 32.2. The van der Waals surface area contributed by atoms with Gasteiger partial charge in [-0.3, -0.25) is 9.69 Å². The van der Waals surface area contributed by atoms with Crippen molar-refractivity contribution in [3.05, 3.63) is 52.9 Å². The van der Waals surface area contributed by atoms with E-state index in [1.54, 1.807) is 37.3 Å². The van der Waals surface area contributed by atoms with Crippen LogP contribution in [-0.2, 0) is 9.59 Å². The van der Waals surface area contributed by atoms with Crippen LogP contribution >= 0.6 is 24.0 Å². The van der Waals surface area contributed by atoms with Gasteiger partial charge in [-0.2, -0.15) is 0 Å². The Labute approximate surface area is 158 Å². The Balaban J connectivity index is 1.88. The Morgan fingerprint density at radius 3 is 2.77 bits per heavy atom. The summed E-state index contributed by atoms with van der Waals surface area (Å²) >= 11 is 6.17. The van der Waals surface area contributed by atoms with E-state index in [1.165, 1.54) is 12.1 Å². The van der Waals surface area contributed by atoms with Crippen molar-refractivity contribution in [3.63, 3.8) is 0 Å². The monoisotopic (exact) mass is 391 g/mol. The number of amides is 1. The van der Waals surface area contributed by atoms with Crippen LogP contribution in [0.15, 0.2) is 45.7 Å². The quantitative estimate of drug-likeness (QED) is 0.610. The fraction of sp³-hybridized carbons (Fsp3) is 0.167. The molecule has 1 N–H and O–H groups in total. The number of hydrogen-bond acceptors (Lipinski definition) is 5. The van der Waals surface area contributed by atoms with E-state index in [0.29, 0.717) is 17.1 Å². The van der Waals surface area contributed by atoms with E-state index in [0.717, 1.165) is 16.7 Å². The summed E-state index contributed by atoms with van der Waals surface area (Å²) < 4.78 is 19.6. The number of furan rings is 1. The number of halogens is 1. The molecule has 1 fully saturated rings. The van der Waals surface area contributed by atoms with E-state index in [9.17, 15) is 19.1 Å². The van der Waals surface area contributed by atoms with E-state index in [4.69, 9.17) is 16.6 Å². The van der Waals surface area contributed by atoms with Gasteiger partial charge in [-0.05, 0) is 30.7 Å². The number of nitrogens with zero attached hydrogens (tertiary/aromatic N) is 1. The Kier molecular flexibility index (Phi) is 5.24. The van der Waals surface area contributed by atoms with Crippen LogP contribution < -0.4 is 0 Å². The molecular formula is C18H14FNO4S2. The summed E-state index contributed by atoms with van der Waals surface area (Å²) in [4.78, 5) is 25.2. The topological polar surface area (TPSA) is 70.8 Å². The second-order valence-electron chi connectivity index (χ2n) is 5.50. The third-order valence-corrected chi connectivity index (χ3v) is 5.18. The minimum absolute atomic E-state index is 0.191. The van der Waals surface area contributed by atoms with E-state index in [1.807, 2.05) is 0 Å². The van der Waals surface area contributed by atoms with Crippen molar-refractivity contribution < 1.29 is 23.5 Å². The van der Waals surface area contributed by atoms with Gasteiger partial charge < -0.3 is 9.52 Å². The molecule has 1 atom stereocenters. The number of carbonyl (C=O) groups is 2. The maximum Gasteiger partial charge on any atom is 0.326 e. The molecule has 0 aliphatic carbocycles. The first-order valence-corrected chi connectivity index (χ1v) is 8.99. The summed E-state index contributed by atoms with van der Waals surface area (Å²) in [5.74, 6) is -1.30. The average Bonchev–Trinajstić information content (AvgIpc) is 3.16. The number of rotatable bonds is 5. The Bertz CT molecular complexity index is 921. The molecule has 0 radical (unpaired) electrons. The van der Waals surface area contributed by atoms with Crippen molar-refractivity contribution in [2.45, 2.75) is 19.4 Å². The number of carboxylic acid groups (broad SMARTS) is 1. The van der Waals surface area contributed by atoms with E-state index in [-0.39, 0.29) is 15.6 Å². The molecule has 2 aromatic rings. The second kappa shape index (κ2) is 7.43. The van der Waals surface area contributed by atoms with Crippen molar-refractivity contribution >= 4 is 46.3 Å². The van der Waals surface area contributed by atoms with Crippen LogP contribution in [0.1, 0.15) is 19.1 Å². The molecule has 1 saturated heterocycles. The molecule has 2 heterocycles. The Morgan fingerprint density at radius 2 is 2.12 bits per heavy atom. The van der Waals surface area contributed by atoms with Gasteiger partial charge in [0, 0.05) is 6.08 Å². The highest BCUT2D eigenvalue weighted by Gasteiger charge is 2.39. The lowest BCUT2D eigenvalue weighted by Crippen LogP contribution is -2.43. The second-order valence-corrected chi connectivity index (χ2v) is 7.17. The van der Waals surface area contributed by atoms with Gasteiger partial charge >= 0.3 is 5.97 Å². The lowest BCUT2D eigenvalue weighted by atomic mass is 10.1. The number of thiocarbonyl (C=S) groups is 1. The van der Waals surface area contributed by atoms with Crippen LogP contribution in [0.2, 0.25) is 0 Å². The highest BCUT2D eigenvalue weighted by Crippen LogP contribution is 2.35. The molecule has 0 bridgehead atoms. The summed E-state index contributed by atoms with van der Waals surface area (Å²) in [6, 6.07) is 8.43. The van der Waals surface area contributed by atoms with Crippen molar-refractivity contribution in [3.8, 4) is 11.3 Å². The molecule has 0 saturated carbocycles. The fourth-order valence-electron chi connectivity index (χ4n) is 2.58. The minimum atomic E-state index is -1.11. The molecule has 3 rings (SSSR count). The van der Waals surface area contributed by atoms with Crippen molar-refractivity contribution in [1.82, 2.24) is 4.90 Å². The number of hydrogen-bond donors (Lipinski definition) is 1. The molecule has 0 spiro atoms. The molecule has 1 amide bonds. The third-order valence-electron chi connectivity index (χ3n) is 3.85. The predicted octanol–water partition coefficient (Wildman–Crippen LogP) is 4.15. The molecule has 1 aromatic heterocycles. The smallest absolute Gasteiger partial charge is 0.326 e. The van der Waals surface area contributed by atoms with Crippen molar-refractivity contribution in [1.29, 1.82) is 0 Å². The molecule has 134 valence electrons. The van der Waals surface area contributed by atoms with Gasteiger partial charge in [-0.15, -0.1) is 0 Å². The van der Waals surface area contributed by atoms with Crippen LogP contribution in [0.5, 0.6) is 0 Å². The third kappa shape index (κ3) is 3.42. The molecule has 5 nitrogen and oxygen atoms in total. The SMILES string of the molecule is CCC(C(=O)O)N1C(=O)/C(=C/c2ccc(-c3ccccc3F)o2)SC1=S. The zero-order chi connectivity index (χ0) is 18.8. The molecule has 1 aromatic carbocycles. The molecule has 26 heavy (non-hydrogen) atoms. The Hall–Kier alpha value is -2.45. The average molecular weight is 391 g/mol. The van der Waals surface area contributed by atoms with Crippen LogP contribution in [0.3, 0.4) is 0 Å². The van der Waals surface area contributed by atoms with E-state index < -0.39 is 23.7 Å². The summed E-state index contributed by atoms with van der Waals surface area (Å²) in [6.07, 6.45) is 1.73. The molecule has 1 unspecified atom stereocenters. The first-order valence-electron chi connectivity index (χ1n) is 7.77. The summed E-state index contributed by atoms with van der Waals surface area (Å²) in [5.41, 5.74) is 0.316. The maximum absolute atomic E-state index is 13.8. The van der Waals surface area contributed by atoms with Crippen LogP contribution in [-0.4, -0.2) is 32.2 Å². The zero-order valence-electron chi connectivity index (χ0n) is 13.6. The summed E-state index contributed by atoms with van der Waals surface area (Å²) in [6.45, 7) is 1.67. The van der Waals surface area contributed by atoms with E-state index in [2.05, 4.69) is 0 Å². The van der Waals surface area contributed by atoms with Crippen molar-refractivity contribution in [2.75, 3.05) is 0 Å². The van der Waals surface area contributed by atoms with Crippen LogP contribution in [0.25, 0.3) is 17.4 Å². The number of thioether (sulfide) groups is 1. The van der Waals surface area contributed by atoms with E-state index >= 15 is 0 Å². The molecular weight excluding hydrogens is 377 g/mol. The maximum atomic E-state index is 13.8. The van der Waals surface area contributed by atoms with Gasteiger partial charge in [0.2, 0.25) is 0 Å². The van der Waals surface area contributed by atoms with Gasteiger partial charge in [-0.1, -0.05) is 43.0 Å². The lowest BCUT2D eigenvalue weighted by molar-refractivity contribution is -0.145. The number of carboxylic acids is 1. The number of benzene rings is 1. The Morgan fingerprint density at radius 1 is 1.38 bits per heavy atom. The summed E-state index contributed by atoms with van der Waals surface area (Å²) in [5, 5.41) is 9.26. The highest BCUT2D eigenvalue weighted by molar-refractivity contribution is 8.26. The lowest BCUT2D eigenvalue weighted by Gasteiger charge is -2.21. The van der Waals surface area contributed by atoms with Crippen LogP contribution in [0.4, 0.5) is 4.39 Å². The van der Waals surface area contributed by atoms with Crippen LogP contribution in [0, 0.1) is 5.82 Å². The first-order chi connectivity index (χ1) is 12.4. The minimum Gasteiger partial charge on any atom is -0.480 e. The molecule has 1 aliphatic heterocycles. The van der Waals surface area contributed by atoms with Crippen molar-refractivity contribution in [2.24, 2.45) is 0 Å². The predicted molar refractivity (Wildman–Crippen MR) is 101 cm³/mol. The van der Waals surface area contributed by atoms with Gasteiger partial charge in [0.15, 0.2) is 0 Å². The molecule has 1 aliphatic rings. The standard InChI is InChI=1S/C18H14FNO4S2/c1-2-13(17(22)23)20-16(21)15(26-18(20)25)9-10-7-8-14(24-10)11-5-3-4-6-12(11)19/h3-9,13H,2H2,1H3,(H,22,23)/b15-9-. The first kappa shape index (κ1) is 18.3. The van der Waals surface area contributed by atoms with Gasteiger partial charge in [0.1, 0.15) is 27.7 Å². The van der Waals surface area contributed by atoms with Gasteiger partial charge in [-0.25, -0.2) is 9.18 Å². The zero-order valence-corrected chi connectivity index (χ0v) is 15.3. The fourth-order valence-corrected chi connectivity index (χ4v) is 3.92. The number of carbonyl (C=O) groups excluding carboxylic acids is 1. The van der Waals surface area contributed by atoms with Gasteiger partial charge in [0.25, 0.3) is 5.91 Å². The largest absolute Gasteiger partial charge is 0.480 e.